The van der Waals surface area contributed by atoms with Crippen molar-refractivity contribution in [2.45, 2.75) is 0 Å². The summed E-state index contributed by atoms with van der Waals surface area (Å²) in [5.74, 6) is 3.71. The van der Waals surface area contributed by atoms with Crippen molar-refractivity contribution in [3.63, 3.8) is 0 Å². The second-order valence-corrected chi connectivity index (χ2v) is 4.98. The molecule has 102 valence electrons. The predicted molar refractivity (Wildman–Crippen MR) is 75.4 cm³/mol. The summed E-state index contributed by atoms with van der Waals surface area (Å²) in [7, 11) is 0. The number of nitrogens with zero attached hydrogens (tertiary/aromatic N) is 1. The van der Waals surface area contributed by atoms with Gasteiger partial charge in [-0.25, -0.2) is 9.37 Å². The standard InChI is InChI=1S/C13H8ClFN2O2S/c14-10-5-1-4-9(11(10)15)12(19)17-13-16-7-8(20-13)3-2-6-18/h1,4-5,7,18H,6H2,(H,16,17,19). The Bertz CT molecular complexity index is 706. The predicted octanol–water partition coefficient (Wildman–Crippen LogP) is 2.53. The van der Waals surface area contributed by atoms with E-state index in [4.69, 9.17) is 16.7 Å². The monoisotopic (exact) mass is 310 g/mol. The molecule has 1 heterocycles. The quantitative estimate of drug-likeness (QED) is 0.838. The van der Waals surface area contributed by atoms with Gasteiger partial charge in [-0.3, -0.25) is 10.1 Å². The van der Waals surface area contributed by atoms with Crippen molar-refractivity contribution in [3.8, 4) is 11.8 Å². The summed E-state index contributed by atoms with van der Waals surface area (Å²) in [4.78, 5) is 16.4. The van der Waals surface area contributed by atoms with Crippen LogP contribution in [0.5, 0.6) is 0 Å². The lowest BCUT2D eigenvalue weighted by atomic mass is 10.2. The largest absolute Gasteiger partial charge is 0.384 e. The number of anilines is 1. The van der Waals surface area contributed by atoms with E-state index in [2.05, 4.69) is 22.1 Å². The van der Waals surface area contributed by atoms with E-state index in [9.17, 15) is 9.18 Å². The van der Waals surface area contributed by atoms with Gasteiger partial charge >= 0.3 is 0 Å². The zero-order valence-electron chi connectivity index (χ0n) is 9.98. The van der Waals surface area contributed by atoms with E-state index in [1.165, 1.54) is 24.4 Å². The Labute approximate surface area is 123 Å². The molecule has 0 radical (unpaired) electrons. The van der Waals surface area contributed by atoms with Crippen LogP contribution in [0.25, 0.3) is 0 Å². The number of hydrogen-bond acceptors (Lipinski definition) is 4. The molecule has 4 nitrogen and oxygen atoms in total. The minimum Gasteiger partial charge on any atom is -0.384 e. The van der Waals surface area contributed by atoms with E-state index >= 15 is 0 Å². The molecule has 0 atom stereocenters. The maximum Gasteiger partial charge on any atom is 0.260 e. The number of aliphatic hydroxyl groups excluding tert-OH is 1. The molecule has 0 unspecified atom stereocenters. The molecule has 0 spiro atoms. The second kappa shape index (κ2) is 6.48. The maximum absolute atomic E-state index is 13.7. The molecule has 2 N–H and O–H groups in total. The van der Waals surface area contributed by atoms with Crippen molar-refractivity contribution < 1.29 is 14.3 Å². The summed E-state index contributed by atoms with van der Waals surface area (Å²) < 4.78 is 13.7. The zero-order valence-corrected chi connectivity index (χ0v) is 11.6. The van der Waals surface area contributed by atoms with Crippen molar-refractivity contribution >= 4 is 34.0 Å². The highest BCUT2D eigenvalue weighted by Crippen LogP contribution is 2.21. The topological polar surface area (TPSA) is 62.2 Å². The Hall–Kier alpha value is -1.94. The van der Waals surface area contributed by atoms with Crippen LogP contribution in [0.3, 0.4) is 0 Å². The lowest BCUT2D eigenvalue weighted by Crippen LogP contribution is -2.13. The first kappa shape index (κ1) is 14.5. The maximum atomic E-state index is 13.7. The first-order chi connectivity index (χ1) is 9.61. The summed E-state index contributed by atoms with van der Waals surface area (Å²) in [5, 5.41) is 11.2. The molecular formula is C13H8ClFN2O2S. The van der Waals surface area contributed by atoms with Gasteiger partial charge in [0.05, 0.1) is 21.7 Å². The number of rotatable bonds is 2. The van der Waals surface area contributed by atoms with E-state index in [-0.39, 0.29) is 22.3 Å². The minimum atomic E-state index is -0.775. The zero-order chi connectivity index (χ0) is 14.5. The van der Waals surface area contributed by atoms with Gasteiger partial charge in [0.2, 0.25) is 0 Å². The van der Waals surface area contributed by atoms with Crippen LogP contribution in [0.4, 0.5) is 9.52 Å². The second-order valence-electron chi connectivity index (χ2n) is 3.55. The smallest absolute Gasteiger partial charge is 0.260 e. The number of carbonyl (C=O) groups excluding carboxylic acids is 1. The van der Waals surface area contributed by atoms with Crippen LogP contribution in [-0.4, -0.2) is 22.6 Å². The lowest BCUT2D eigenvalue weighted by molar-refractivity contribution is 0.102. The highest BCUT2D eigenvalue weighted by Gasteiger charge is 2.15. The molecule has 0 saturated carbocycles. The molecule has 0 bridgehead atoms. The van der Waals surface area contributed by atoms with E-state index in [0.717, 1.165) is 11.3 Å². The third kappa shape index (κ3) is 3.33. The van der Waals surface area contributed by atoms with Gasteiger partial charge in [-0.1, -0.05) is 40.8 Å². The number of benzene rings is 1. The molecule has 0 aliphatic rings. The normalized spacial score (nSPS) is 9.75. The Morgan fingerprint density at radius 2 is 2.35 bits per heavy atom. The van der Waals surface area contributed by atoms with Crippen LogP contribution >= 0.6 is 22.9 Å². The number of hydrogen-bond donors (Lipinski definition) is 2. The SMILES string of the molecule is O=C(Nc1ncc(C#CCO)s1)c1cccc(Cl)c1F. The summed E-state index contributed by atoms with van der Waals surface area (Å²) >= 11 is 6.73. The molecule has 1 aromatic heterocycles. The van der Waals surface area contributed by atoms with E-state index in [0.29, 0.717) is 4.88 Å². The van der Waals surface area contributed by atoms with Gasteiger partial charge in [0.1, 0.15) is 6.61 Å². The molecule has 20 heavy (non-hydrogen) atoms. The summed E-state index contributed by atoms with van der Waals surface area (Å²) in [6.07, 6.45) is 1.46. The Balaban J connectivity index is 2.15. The molecule has 2 aromatic rings. The number of carbonyl (C=O) groups is 1. The Morgan fingerprint density at radius 1 is 1.55 bits per heavy atom. The molecular weight excluding hydrogens is 303 g/mol. The number of halogens is 2. The number of aliphatic hydroxyl groups is 1. The average molecular weight is 311 g/mol. The fourth-order valence-electron chi connectivity index (χ4n) is 1.36. The molecule has 0 fully saturated rings. The van der Waals surface area contributed by atoms with Crippen LogP contribution in [0.2, 0.25) is 5.02 Å². The van der Waals surface area contributed by atoms with Crippen molar-refractivity contribution in [2.24, 2.45) is 0 Å². The van der Waals surface area contributed by atoms with Gasteiger partial charge in [0.25, 0.3) is 5.91 Å². The van der Waals surface area contributed by atoms with Crippen molar-refractivity contribution in [2.75, 3.05) is 11.9 Å². The molecule has 1 aromatic carbocycles. The molecule has 2 rings (SSSR count). The fraction of sp³-hybridized carbons (Fsp3) is 0.0769. The van der Waals surface area contributed by atoms with Crippen molar-refractivity contribution in [3.05, 3.63) is 45.7 Å². The summed E-state index contributed by atoms with van der Waals surface area (Å²) in [6.45, 7) is -0.257. The summed E-state index contributed by atoms with van der Waals surface area (Å²) in [5.41, 5.74) is -0.157. The van der Waals surface area contributed by atoms with Crippen molar-refractivity contribution in [1.29, 1.82) is 0 Å². The number of amides is 1. The van der Waals surface area contributed by atoms with Crippen molar-refractivity contribution in [1.82, 2.24) is 4.98 Å². The molecule has 0 aliphatic heterocycles. The number of nitrogens with one attached hydrogen (secondary N) is 1. The Morgan fingerprint density at radius 3 is 3.10 bits per heavy atom. The first-order valence-electron chi connectivity index (χ1n) is 5.42. The van der Waals surface area contributed by atoms with Gasteiger partial charge in [0.15, 0.2) is 10.9 Å². The van der Waals surface area contributed by atoms with Gasteiger partial charge < -0.3 is 5.11 Å². The third-order valence-electron chi connectivity index (χ3n) is 2.21. The molecule has 0 saturated heterocycles. The van der Waals surface area contributed by atoms with Gasteiger partial charge in [-0.05, 0) is 12.1 Å². The molecule has 7 heteroatoms. The van der Waals surface area contributed by atoms with Crippen LogP contribution in [0, 0.1) is 17.7 Å². The van der Waals surface area contributed by atoms with Crippen LogP contribution in [0.15, 0.2) is 24.4 Å². The number of thiazole rings is 1. The minimum absolute atomic E-state index is 0.119. The third-order valence-corrected chi connectivity index (χ3v) is 3.33. The molecule has 0 aliphatic carbocycles. The van der Waals surface area contributed by atoms with Gasteiger partial charge in [-0.15, -0.1) is 0 Å². The molecule has 1 amide bonds. The van der Waals surface area contributed by atoms with E-state index < -0.39 is 11.7 Å². The van der Waals surface area contributed by atoms with E-state index in [1.54, 1.807) is 0 Å². The summed E-state index contributed by atoms with van der Waals surface area (Å²) in [6, 6.07) is 4.18. The van der Waals surface area contributed by atoms with Gasteiger partial charge in [-0.2, -0.15) is 0 Å². The highest BCUT2D eigenvalue weighted by molar-refractivity contribution is 7.16. The highest BCUT2D eigenvalue weighted by atomic mass is 35.5. The lowest BCUT2D eigenvalue weighted by Gasteiger charge is -2.03. The fourth-order valence-corrected chi connectivity index (χ4v) is 2.22. The average Bonchev–Trinajstić information content (AvgIpc) is 2.87. The van der Waals surface area contributed by atoms with Gasteiger partial charge in [0, 0.05) is 0 Å². The van der Waals surface area contributed by atoms with Crippen LogP contribution in [-0.2, 0) is 0 Å². The Kier molecular flexibility index (Phi) is 4.69. The van der Waals surface area contributed by atoms with E-state index in [1.807, 2.05) is 0 Å². The van der Waals surface area contributed by atoms with Crippen LogP contribution < -0.4 is 5.32 Å². The van der Waals surface area contributed by atoms with Crippen LogP contribution in [0.1, 0.15) is 15.2 Å². The number of aromatic nitrogens is 1. The first-order valence-corrected chi connectivity index (χ1v) is 6.62.